The molecule has 0 aliphatic rings. The van der Waals surface area contributed by atoms with Crippen molar-refractivity contribution in [1.29, 1.82) is 0 Å². The van der Waals surface area contributed by atoms with Gasteiger partial charge in [0.2, 0.25) is 0 Å². The molecule has 0 aromatic carbocycles. The van der Waals surface area contributed by atoms with E-state index in [2.05, 4.69) is 18.9 Å². The van der Waals surface area contributed by atoms with E-state index in [0.29, 0.717) is 25.4 Å². The van der Waals surface area contributed by atoms with Crippen LogP contribution in [0.1, 0.15) is 44.8 Å². The molecule has 0 spiro atoms. The van der Waals surface area contributed by atoms with E-state index in [1.54, 1.807) is 0 Å². The zero-order chi connectivity index (χ0) is 12.0. The van der Waals surface area contributed by atoms with E-state index in [9.17, 15) is 4.79 Å². The van der Waals surface area contributed by atoms with Gasteiger partial charge in [-0.3, -0.25) is 9.48 Å². The third-order valence-electron chi connectivity index (χ3n) is 2.78. The molecule has 4 nitrogen and oxygen atoms in total. The van der Waals surface area contributed by atoms with Crippen LogP contribution in [0, 0.1) is 0 Å². The van der Waals surface area contributed by atoms with E-state index in [-0.39, 0.29) is 5.78 Å². The Bertz CT molecular complexity index is 329. The molecule has 0 aliphatic carbocycles. The first-order valence-corrected chi connectivity index (χ1v) is 5.97. The molecule has 1 aromatic rings. The van der Waals surface area contributed by atoms with Crippen LogP contribution >= 0.6 is 0 Å². The molecule has 0 fully saturated rings. The molecular weight excluding hydrogens is 202 g/mol. The fraction of sp³-hybridized carbons (Fsp3) is 0.667. The fourth-order valence-electron chi connectivity index (χ4n) is 1.79. The third-order valence-corrected chi connectivity index (χ3v) is 2.78. The van der Waals surface area contributed by atoms with E-state index in [0.717, 1.165) is 18.5 Å². The van der Waals surface area contributed by atoms with Gasteiger partial charge in [-0.2, -0.15) is 5.10 Å². The smallest absolute Gasteiger partial charge is 0.140 e. The highest BCUT2D eigenvalue weighted by Crippen LogP contribution is 2.14. The zero-order valence-corrected chi connectivity index (χ0v) is 10.1. The van der Waals surface area contributed by atoms with Crippen molar-refractivity contribution < 1.29 is 4.79 Å². The monoisotopic (exact) mass is 223 g/mol. The highest BCUT2D eigenvalue weighted by atomic mass is 16.1. The number of ketones is 1. The Hall–Kier alpha value is -1.16. The van der Waals surface area contributed by atoms with Gasteiger partial charge in [0.25, 0.3) is 0 Å². The first kappa shape index (κ1) is 12.9. The molecule has 0 aliphatic heterocycles. The van der Waals surface area contributed by atoms with Gasteiger partial charge < -0.3 is 5.73 Å². The number of carbonyl (C=O) groups is 1. The molecular formula is C12H21N3O. The van der Waals surface area contributed by atoms with Gasteiger partial charge >= 0.3 is 0 Å². The van der Waals surface area contributed by atoms with Crippen LogP contribution in [0.15, 0.2) is 12.3 Å². The lowest BCUT2D eigenvalue weighted by Crippen LogP contribution is -2.12. The van der Waals surface area contributed by atoms with Gasteiger partial charge in [0.05, 0.1) is 18.2 Å². The molecule has 0 saturated heterocycles. The zero-order valence-electron chi connectivity index (χ0n) is 10.1. The molecule has 1 rings (SSSR count). The number of aromatic nitrogens is 2. The lowest BCUT2D eigenvalue weighted by molar-refractivity contribution is -0.118. The van der Waals surface area contributed by atoms with Gasteiger partial charge in [-0.05, 0) is 25.5 Å². The number of nitrogens with zero attached hydrogens (tertiary/aromatic N) is 2. The second-order valence-corrected chi connectivity index (χ2v) is 4.01. The van der Waals surface area contributed by atoms with Crippen LogP contribution in [0.5, 0.6) is 0 Å². The summed E-state index contributed by atoms with van der Waals surface area (Å²) in [4.78, 5) is 11.4. The maximum atomic E-state index is 11.4. The number of Topliss-reactive ketones (excluding diaryl/α,β-unsaturated/α-hetero) is 1. The minimum Gasteiger partial charge on any atom is -0.330 e. The van der Waals surface area contributed by atoms with Crippen LogP contribution in [0.25, 0.3) is 0 Å². The summed E-state index contributed by atoms with van der Waals surface area (Å²) in [7, 11) is 0. The Morgan fingerprint density at radius 2 is 2.19 bits per heavy atom. The van der Waals surface area contributed by atoms with Crippen molar-refractivity contribution in [1.82, 2.24) is 9.78 Å². The Morgan fingerprint density at radius 3 is 2.75 bits per heavy atom. The van der Waals surface area contributed by atoms with Crippen molar-refractivity contribution in [3.8, 4) is 0 Å². The molecule has 2 N–H and O–H groups in total. The maximum Gasteiger partial charge on any atom is 0.140 e. The van der Waals surface area contributed by atoms with E-state index in [1.165, 1.54) is 0 Å². The van der Waals surface area contributed by atoms with E-state index in [1.807, 2.05) is 16.9 Å². The van der Waals surface area contributed by atoms with Gasteiger partial charge in [-0.25, -0.2) is 0 Å². The first-order chi connectivity index (χ1) is 7.71. The Balaban J connectivity index is 2.60. The molecule has 0 bridgehead atoms. The predicted molar refractivity (Wildman–Crippen MR) is 64.2 cm³/mol. The van der Waals surface area contributed by atoms with Crippen molar-refractivity contribution in [3.63, 3.8) is 0 Å². The first-order valence-electron chi connectivity index (χ1n) is 5.97. The number of hydrogen-bond acceptors (Lipinski definition) is 3. The van der Waals surface area contributed by atoms with Crippen molar-refractivity contribution in [3.05, 3.63) is 18.0 Å². The maximum absolute atomic E-state index is 11.4. The molecule has 0 unspecified atom stereocenters. The van der Waals surface area contributed by atoms with E-state index >= 15 is 0 Å². The molecule has 0 radical (unpaired) electrons. The Morgan fingerprint density at radius 1 is 1.50 bits per heavy atom. The third kappa shape index (κ3) is 3.45. The quantitative estimate of drug-likeness (QED) is 0.765. The predicted octanol–water partition coefficient (Wildman–Crippen LogP) is 1.70. The minimum absolute atomic E-state index is 0.164. The highest BCUT2D eigenvalue weighted by molar-refractivity contribution is 5.80. The summed E-state index contributed by atoms with van der Waals surface area (Å²) >= 11 is 0. The summed E-state index contributed by atoms with van der Waals surface area (Å²) in [6.07, 6.45) is 4.94. The number of nitrogens with two attached hydrogens (primary N) is 1. The topological polar surface area (TPSA) is 60.9 Å². The van der Waals surface area contributed by atoms with E-state index in [4.69, 9.17) is 5.73 Å². The summed E-state index contributed by atoms with van der Waals surface area (Å²) in [5.74, 6) is 0.164. The molecule has 16 heavy (non-hydrogen) atoms. The van der Waals surface area contributed by atoms with Crippen LogP contribution in [0.4, 0.5) is 0 Å². The fourth-order valence-corrected chi connectivity index (χ4v) is 1.79. The largest absolute Gasteiger partial charge is 0.330 e. The van der Waals surface area contributed by atoms with Gasteiger partial charge in [0.15, 0.2) is 0 Å². The molecule has 0 amide bonds. The minimum atomic E-state index is 0.164. The number of carbonyl (C=O) groups excluding carboxylic acids is 1. The second kappa shape index (κ2) is 6.43. The number of hydrogen-bond donors (Lipinski definition) is 1. The average molecular weight is 223 g/mol. The van der Waals surface area contributed by atoms with Crippen LogP contribution in [0.3, 0.4) is 0 Å². The summed E-state index contributed by atoms with van der Waals surface area (Å²) in [5.41, 5.74) is 6.19. The lowest BCUT2D eigenvalue weighted by atomic mass is 10.2. The van der Waals surface area contributed by atoms with Gasteiger partial charge in [-0.15, -0.1) is 0 Å². The molecule has 1 aromatic heterocycles. The Labute approximate surface area is 96.8 Å². The summed E-state index contributed by atoms with van der Waals surface area (Å²) in [6.45, 7) is 4.72. The van der Waals surface area contributed by atoms with Crippen molar-refractivity contribution >= 4 is 5.78 Å². The average Bonchev–Trinajstić information content (AvgIpc) is 2.68. The summed E-state index contributed by atoms with van der Waals surface area (Å²) in [5, 5.41) is 4.43. The number of rotatable bonds is 7. The molecule has 0 atom stereocenters. The van der Waals surface area contributed by atoms with Crippen LogP contribution in [-0.2, 0) is 11.2 Å². The lowest BCUT2D eigenvalue weighted by Gasteiger charge is -2.12. The van der Waals surface area contributed by atoms with Crippen LogP contribution in [0.2, 0.25) is 0 Å². The van der Waals surface area contributed by atoms with E-state index < -0.39 is 0 Å². The van der Waals surface area contributed by atoms with Crippen molar-refractivity contribution in [2.45, 2.75) is 45.6 Å². The molecule has 90 valence electrons. The van der Waals surface area contributed by atoms with Gasteiger partial charge in [0.1, 0.15) is 5.78 Å². The van der Waals surface area contributed by atoms with Gasteiger partial charge in [0, 0.05) is 12.6 Å². The van der Waals surface area contributed by atoms with Crippen molar-refractivity contribution in [2.75, 3.05) is 6.54 Å². The summed E-state index contributed by atoms with van der Waals surface area (Å²) < 4.78 is 1.96. The summed E-state index contributed by atoms with van der Waals surface area (Å²) in [6, 6.07) is 2.37. The van der Waals surface area contributed by atoms with Gasteiger partial charge in [-0.1, -0.05) is 13.8 Å². The van der Waals surface area contributed by atoms with Crippen molar-refractivity contribution in [2.24, 2.45) is 5.73 Å². The van der Waals surface area contributed by atoms with Crippen LogP contribution < -0.4 is 5.73 Å². The molecule has 4 heteroatoms. The second-order valence-electron chi connectivity index (χ2n) is 4.01. The Kier molecular flexibility index (Phi) is 5.19. The highest BCUT2D eigenvalue weighted by Gasteiger charge is 2.09. The molecule has 0 saturated carbocycles. The SMILES string of the molecule is CCC(CC)n1ccc(CC(=O)CCN)n1. The molecule has 1 heterocycles. The normalized spacial score (nSPS) is 11.0. The van der Waals surface area contributed by atoms with Crippen LogP contribution in [-0.4, -0.2) is 22.1 Å². The standard InChI is InChI=1S/C12H21N3O/c1-3-11(4-2)15-8-6-10(14-15)9-12(16)5-7-13/h6,8,11H,3-5,7,9,13H2,1-2H3.